The zero-order valence-electron chi connectivity index (χ0n) is 16.8. The van der Waals surface area contributed by atoms with Crippen molar-refractivity contribution >= 4 is 0 Å². The molecule has 4 N–H and O–H groups in total. The van der Waals surface area contributed by atoms with Crippen molar-refractivity contribution < 1.29 is 29.9 Å². The second-order valence-electron chi connectivity index (χ2n) is 7.51. The lowest BCUT2D eigenvalue weighted by atomic mass is 9.89. The van der Waals surface area contributed by atoms with E-state index >= 15 is 0 Å². The second-order valence-corrected chi connectivity index (χ2v) is 7.51. The van der Waals surface area contributed by atoms with Gasteiger partial charge in [0.2, 0.25) is 0 Å². The molecule has 0 saturated carbocycles. The molecule has 7 heteroatoms. The van der Waals surface area contributed by atoms with Crippen molar-refractivity contribution in [3.63, 3.8) is 0 Å². The fraction of sp³-hybridized carbons (Fsp3) is 0.435. The fourth-order valence-electron chi connectivity index (χ4n) is 3.69. The summed E-state index contributed by atoms with van der Waals surface area (Å²) in [6.07, 6.45) is -4.78. The number of nitrogens with zero attached hydrogens (tertiary/aromatic N) is 1. The normalized spacial score (nSPS) is 26.3. The van der Waals surface area contributed by atoms with Crippen molar-refractivity contribution in [2.24, 2.45) is 0 Å². The van der Waals surface area contributed by atoms with Gasteiger partial charge in [-0.3, -0.25) is 0 Å². The number of benzene rings is 2. The maximum Gasteiger partial charge on any atom is 0.113 e. The molecule has 0 aliphatic carbocycles. The number of aliphatic hydroxyl groups excluding tert-OH is 4. The van der Waals surface area contributed by atoms with Crippen LogP contribution in [0.25, 0.3) is 0 Å². The summed E-state index contributed by atoms with van der Waals surface area (Å²) in [4.78, 5) is 0. The molecule has 1 aliphatic rings. The molecule has 0 spiro atoms. The standard InChI is InChI=1S/C23H27NO6/c1-29-9-8-14-2-4-15(5-3-14)10-18-11-16(6-7-17(18)12-24)23-22(28)21(27)20(26)19(13-25)30-23/h2-7,11,19-23,25-28H,8-10,13H2,1H3/t19-,20?,21?,22?,23+/m1/s1. The van der Waals surface area contributed by atoms with E-state index in [0.717, 1.165) is 23.1 Å². The van der Waals surface area contributed by atoms with Gasteiger partial charge in [-0.05, 0) is 41.2 Å². The summed E-state index contributed by atoms with van der Waals surface area (Å²) < 4.78 is 10.7. The van der Waals surface area contributed by atoms with Crippen LogP contribution in [0.15, 0.2) is 42.5 Å². The zero-order valence-corrected chi connectivity index (χ0v) is 16.8. The summed E-state index contributed by atoms with van der Waals surface area (Å²) in [5.74, 6) is 0. The highest BCUT2D eigenvalue weighted by molar-refractivity contribution is 5.44. The number of ether oxygens (including phenoxy) is 2. The monoisotopic (exact) mass is 413 g/mol. The van der Waals surface area contributed by atoms with Gasteiger partial charge in [0.25, 0.3) is 0 Å². The smallest absolute Gasteiger partial charge is 0.113 e. The van der Waals surface area contributed by atoms with E-state index in [1.165, 1.54) is 0 Å². The van der Waals surface area contributed by atoms with Crippen LogP contribution in [0.5, 0.6) is 0 Å². The molecule has 0 bridgehead atoms. The molecule has 1 heterocycles. The number of methoxy groups -OCH3 is 1. The number of hydrogen-bond donors (Lipinski definition) is 4. The Morgan fingerprint density at radius 2 is 1.70 bits per heavy atom. The molecule has 5 atom stereocenters. The van der Waals surface area contributed by atoms with Crippen LogP contribution in [0.1, 0.15) is 33.9 Å². The molecular formula is C23H27NO6. The van der Waals surface area contributed by atoms with Gasteiger partial charge in [-0.25, -0.2) is 0 Å². The zero-order chi connectivity index (χ0) is 21.7. The minimum atomic E-state index is -1.44. The van der Waals surface area contributed by atoms with E-state index in [9.17, 15) is 25.7 Å². The maximum atomic E-state index is 10.4. The first-order valence-electron chi connectivity index (χ1n) is 9.88. The van der Waals surface area contributed by atoms with Crippen LogP contribution >= 0.6 is 0 Å². The van der Waals surface area contributed by atoms with Gasteiger partial charge in [-0.2, -0.15) is 5.26 Å². The Balaban J connectivity index is 1.84. The Bertz CT molecular complexity index is 876. The van der Waals surface area contributed by atoms with E-state index in [-0.39, 0.29) is 0 Å². The first-order chi connectivity index (χ1) is 14.5. The average molecular weight is 413 g/mol. The van der Waals surface area contributed by atoms with E-state index < -0.39 is 37.1 Å². The van der Waals surface area contributed by atoms with E-state index in [2.05, 4.69) is 6.07 Å². The average Bonchev–Trinajstić information content (AvgIpc) is 2.77. The van der Waals surface area contributed by atoms with E-state index in [1.54, 1.807) is 25.3 Å². The summed E-state index contributed by atoms with van der Waals surface area (Å²) in [7, 11) is 1.67. The second kappa shape index (κ2) is 10.1. The van der Waals surface area contributed by atoms with Crippen LogP contribution < -0.4 is 0 Å². The summed E-state index contributed by atoms with van der Waals surface area (Å²) in [5, 5.41) is 49.4. The topological polar surface area (TPSA) is 123 Å². The molecule has 0 amide bonds. The minimum Gasteiger partial charge on any atom is -0.394 e. The van der Waals surface area contributed by atoms with E-state index in [1.807, 2.05) is 24.3 Å². The van der Waals surface area contributed by atoms with Crippen LogP contribution in [0.2, 0.25) is 0 Å². The van der Waals surface area contributed by atoms with Gasteiger partial charge < -0.3 is 29.9 Å². The summed E-state index contributed by atoms with van der Waals surface area (Å²) >= 11 is 0. The van der Waals surface area contributed by atoms with Crippen molar-refractivity contribution in [2.45, 2.75) is 43.4 Å². The van der Waals surface area contributed by atoms with E-state index in [4.69, 9.17) is 9.47 Å². The van der Waals surface area contributed by atoms with Gasteiger partial charge >= 0.3 is 0 Å². The highest BCUT2D eigenvalue weighted by Crippen LogP contribution is 2.33. The van der Waals surface area contributed by atoms with Gasteiger partial charge in [-0.15, -0.1) is 0 Å². The molecule has 1 saturated heterocycles. The van der Waals surface area contributed by atoms with Crippen molar-refractivity contribution in [1.82, 2.24) is 0 Å². The quantitative estimate of drug-likeness (QED) is 0.531. The first kappa shape index (κ1) is 22.4. The van der Waals surface area contributed by atoms with Gasteiger partial charge in [0.05, 0.1) is 24.8 Å². The number of aliphatic hydroxyl groups is 4. The summed E-state index contributed by atoms with van der Waals surface area (Å²) in [6.45, 7) is 0.166. The molecule has 30 heavy (non-hydrogen) atoms. The Morgan fingerprint density at radius 1 is 1.00 bits per heavy atom. The van der Waals surface area contributed by atoms with Crippen LogP contribution in [0.4, 0.5) is 0 Å². The summed E-state index contributed by atoms with van der Waals surface area (Å²) in [6, 6.07) is 15.3. The van der Waals surface area contributed by atoms with Gasteiger partial charge in [-0.1, -0.05) is 36.4 Å². The molecule has 160 valence electrons. The minimum absolute atomic E-state index is 0.486. The van der Waals surface area contributed by atoms with Crippen molar-refractivity contribution in [3.05, 3.63) is 70.3 Å². The van der Waals surface area contributed by atoms with Crippen LogP contribution in [-0.2, 0) is 22.3 Å². The molecule has 3 unspecified atom stereocenters. The molecule has 7 nitrogen and oxygen atoms in total. The predicted octanol–water partition coefficient (Wildman–Crippen LogP) is 0.853. The molecular weight excluding hydrogens is 386 g/mol. The third kappa shape index (κ3) is 4.87. The molecule has 3 rings (SSSR count). The maximum absolute atomic E-state index is 10.4. The summed E-state index contributed by atoms with van der Waals surface area (Å²) in [5.41, 5.74) is 4.02. The lowest BCUT2D eigenvalue weighted by Crippen LogP contribution is -2.55. The molecule has 1 fully saturated rings. The Hall–Kier alpha value is -2.31. The van der Waals surface area contributed by atoms with Crippen LogP contribution in [0, 0.1) is 11.3 Å². The molecule has 0 radical (unpaired) electrons. The van der Waals surface area contributed by atoms with Gasteiger partial charge in [0.1, 0.15) is 30.5 Å². The molecule has 2 aromatic rings. The lowest BCUT2D eigenvalue weighted by Gasteiger charge is -2.40. The largest absolute Gasteiger partial charge is 0.394 e. The van der Waals surface area contributed by atoms with Gasteiger partial charge in [0, 0.05) is 7.11 Å². The number of hydrogen-bond acceptors (Lipinski definition) is 7. The van der Waals surface area contributed by atoms with Crippen molar-refractivity contribution in [1.29, 1.82) is 5.26 Å². The Morgan fingerprint density at radius 3 is 2.33 bits per heavy atom. The molecule has 0 aromatic heterocycles. The fourth-order valence-corrected chi connectivity index (χ4v) is 3.69. The first-order valence-corrected chi connectivity index (χ1v) is 9.88. The number of nitriles is 1. The van der Waals surface area contributed by atoms with Crippen LogP contribution in [-0.4, -0.2) is 65.2 Å². The molecule has 2 aromatic carbocycles. The van der Waals surface area contributed by atoms with Crippen molar-refractivity contribution in [3.8, 4) is 6.07 Å². The van der Waals surface area contributed by atoms with Gasteiger partial charge in [0.15, 0.2) is 0 Å². The van der Waals surface area contributed by atoms with E-state index in [0.29, 0.717) is 24.2 Å². The highest BCUT2D eigenvalue weighted by atomic mass is 16.5. The highest BCUT2D eigenvalue weighted by Gasteiger charge is 2.44. The predicted molar refractivity (Wildman–Crippen MR) is 109 cm³/mol. The SMILES string of the molecule is COCCc1ccc(Cc2cc([C@@H]3O[C@H](CO)C(O)C(O)C3O)ccc2C#N)cc1. The third-order valence-electron chi connectivity index (χ3n) is 5.48. The Labute approximate surface area is 175 Å². The van der Waals surface area contributed by atoms with Crippen LogP contribution in [0.3, 0.4) is 0 Å². The Kier molecular flexibility index (Phi) is 7.56. The number of rotatable bonds is 7. The molecule has 1 aliphatic heterocycles. The van der Waals surface area contributed by atoms with Crippen molar-refractivity contribution in [2.75, 3.05) is 20.3 Å². The lowest BCUT2D eigenvalue weighted by molar-refractivity contribution is -0.231. The third-order valence-corrected chi connectivity index (χ3v) is 5.48.